The molecule has 2 fully saturated rings. The monoisotopic (exact) mass is 372 g/mol. The molecular formula is C21H28N2O4. The third-order valence-electron chi connectivity index (χ3n) is 5.85. The first-order chi connectivity index (χ1) is 13.2. The van der Waals surface area contributed by atoms with Gasteiger partial charge in [0.1, 0.15) is 5.75 Å². The molecule has 146 valence electrons. The molecule has 2 aliphatic heterocycles. The first-order valence-electron chi connectivity index (χ1n) is 9.84. The van der Waals surface area contributed by atoms with Gasteiger partial charge in [-0.05, 0) is 42.5 Å². The Balaban J connectivity index is 1.27. The molecule has 1 aromatic rings. The van der Waals surface area contributed by atoms with Crippen molar-refractivity contribution in [3.8, 4) is 5.75 Å². The minimum atomic E-state index is -0.373. The van der Waals surface area contributed by atoms with Gasteiger partial charge in [0.25, 0.3) is 0 Å². The first-order valence-corrected chi connectivity index (χ1v) is 9.84. The van der Waals surface area contributed by atoms with E-state index in [-0.39, 0.29) is 17.9 Å². The number of rotatable bonds is 3. The zero-order chi connectivity index (χ0) is 18.7. The third kappa shape index (κ3) is 4.12. The highest BCUT2D eigenvalue weighted by molar-refractivity contribution is 5.77. The van der Waals surface area contributed by atoms with E-state index in [1.807, 2.05) is 17.0 Å². The Labute approximate surface area is 160 Å². The molecule has 0 atom stereocenters. The van der Waals surface area contributed by atoms with Crippen molar-refractivity contribution in [1.82, 2.24) is 10.2 Å². The molecule has 27 heavy (non-hydrogen) atoms. The van der Waals surface area contributed by atoms with Gasteiger partial charge in [0, 0.05) is 32.0 Å². The molecule has 1 aromatic carbocycles. The summed E-state index contributed by atoms with van der Waals surface area (Å²) in [5.41, 5.74) is 2.49. The highest BCUT2D eigenvalue weighted by atomic mass is 16.7. The molecule has 3 aliphatic rings. The smallest absolute Gasteiger partial charge is 0.317 e. The van der Waals surface area contributed by atoms with Crippen molar-refractivity contribution in [3.05, 3.63) is 35.9 Å². The number of nitrogens with one attached hydrogen (secondary N) is 1. The normalized spacial score (nSPS) is 22.6. The zero-order valence-electron chi connectivity index (χ0n) is 15.9. The average Bonchev–Trinajstić information content (AvgIpc) is 3.18. The minimum Gasteiger partial charge on any atom is -0.497 e. The van der Waals surface area contributed by atoms with Crippen molar-refractivity contribution in [2.75, 3.05) is 33.4 Å². The maximum Gasteiger partial charge on any atom is 0.317 e. The van der Waals surface area contributed by atoms with Gasteiger partial charge in [0.05, 0.1) is 20.3 Å². The van der Waals surface area contributed by atoms with Crippen LogP contribution < -0.4 is 10.1 Å². The molecule has 0 aromatic heterocycles. The fourth-order valence-corrected chi connectivity index (χ4v) is 4.17. The van der Waals surface area contributed by atoms with Gasteiger partial charge in [-0.1, -0.05) is 18.2 Å². The molecule has 1 saturated heterocycles. The van der Waals surface area contributed by atoms with Gasteiger partial charge in [-0.15, -0.1) is 0 Å². The summed E-state index contributed by atoms with van der Waals surface area (Å²) in [4.78, 5) is 14.5. The van der Waals surface area contributed by atoms with E-state index in [2.05, 4.69) is 23.5 Å². The molecule has 1 aliphatic carbocycles. The van der Waals surface area contributed by atoms with Crippen LogP contribution in [0.4, 0.5) is 4.79 Å². The molecule has 1 spiro atoms. The Morgan fingerprint density at radius 1 is 1.19 bits per heavy atom. The van der Waals surface area contributed by atoms with Crippen LogP contribution in [0.15, 0.2) is 30.3 Å². The quantitative estimate of drug-likeness (QED) is 0.885. The molecule has 0 bridgehead atoms. The average molecular weight is 372 g/mol. The van der Waals surface area contributed by atoms with Crippen LogP contribution in [-0.4, -0.2) is 56.2 Å². The lowest BCUT2D eigenvalue weighted by Crippen LogP contribution is -2.49. The number of hydrogen-bond acceptors (Lipinski definition) is 4. The topological polar surface area (TPSA) is 60.0 Å². The summed E-state index contributed by atoms with van der Waals surface area (Å²) in [6.45, 7) is 2.77. The van der Waals surface area contributed by atoms with E-state index in [9.17, 15) is 4.79 Å². The number of carbonyl (C=O) groups is 1. The summed E-state index contributed by atoms with van der Waals surface area (Å²) < 4.78 is 16.7. The van der Waals surface area contributed by atoms with Crippen molar-refractivity contribution in [2.24, 2.45) is 0 Å². The standard InChI is InChI=1S/C21H28N2O4/c1-25-19-4-2-16(3-5-19)17-8-12-23(13-9-17)20(24)22-18-6-10-21(11-7-18)26-14-15-27-21/h2-5,8,18H,6-7,9-15H2,1H3,(H,22,24). The van der Waals surface area contributed by atoms with Gasteiger partial charge in [0.15, 0.2) is 5.79 Å². The summed E-state index contributed by atoms with van der Waals surface area (Å²) in [6, 6.07) is 8.35. The van der Waals surface area contributed by atoms with Crippen LogP contribution in [0, 0.1) is 0 Å². The number of carbonyl (C=O) groups excluding carboxylic acids is 1. The van der Waals surface area contributed by atoms with Crippen molar-refractivity contribution >= 4 is 11.6 Å². The summed E-state index contributed by atoms with van der Waals surface area (Å²) in [7, 11) is 1.67. The third-order valence-corrected chi connectivity index (χ3v) is 5.85. The van der Waals surface area contributed by atoms with E-state index in [4.69, 9.17) is 14.2 Å². The van der Waals surface area contributed by atoms with E-state index in [1.165, 1.54) is 11.1 Å². The Morgan fingerprint density at radius 2 is 1.89 bits per heavy atom. The lowest BCUT2D eigenvalue weighted by Gasteiger charge is -2.36. The number of ether oxygens (including phenoxy) is 3. The van der Waals surface area contributed by atoms with Crippen LogP contribution in [0.3, 0.4) is 0 Å². The van der Waals surface area contributed by atoms with E-state index >= 15 is 0 Å². The molecule has 2 amide bonds. The Bertz CT molecular complexity index is 685. The second kappa shape index (κ2) is 7.90. The molecule has 2 heterocycles. The lowest BCUT2D eigenvalue weighted by atomic mass is 9.90. The Hall–Kier alpha value is -2.05. The van der Waals surface area contributed by atoms with Crippen molar-refractivity contribution in [2.45, 2.75) is 43.9 Å². The lowest BCUT2D eigenvalue weighted by molar-refractivity contribution is -0.179. The van der Waals surface area contributed by atoms with Gasteiger partial charge >= 0.3 is 6.03 Å². The Kier molecular flexibility index (Phi) is 5.36. The van der Waals surface area contributed by atoms with Crippen LogP contribution in [0.25, 0.3) is 5.57 Å². The maximum atomic E-state index is 12.6. The van der Waals surface area contributed by atoms with Crippen molar-refractivity contribution in [1.29, 1.82) is 0 Å². The molecule has 0 unspecified atom stereocenters. The van der Waals surface area contributed by atoms with Gasteiger partial charge in [-0.25, -0.2) is 4.79 Å². The SMILES string of the molecule is COc1ccc(C2=CCN(C(=O)NC3CCC4(CC3)OCCO4)CC2)cc1. The van der Waals surface area contributed by atoms with Gasteiger partial charge < -0.3 is 24.4 Å². The maximum absolute atomic E-state index is 12.6. The number of nitrogens with zero attached hydrogens (tertiary/aromatic N) is 1. The second-order valence-corrected chi connectivity index (χ2v) is 7.49. The van der Waals surface area contributed by atoms with Crippen LogP contribution in [0.2, 0.25) is 0 Å². The number of methoxy groups -OCH3 is 1. The zero-order valence-corrected chi connectivity index (χ0v) is 15.9. The van der Waals surface area contributed by atoms with Crippen LogP contribution in [0.1, 0.15) is 37.7 Å². The molecule has 6 heteroatoms. The highest BCUT2D eigenvalue weighted by Crippen LogP contribution is 2.35. The summed E-state index contributed by atoms with van der Waals surface area (Å²) in [5, 5.41) is 3.19. The Morgan fingerprint density at radius 3 is 2.48 bits per heavy atom. The molecule has 6 nitrogen and oxygen atoms in total. The molecule has 1 saturated carbocycles. The van der Waals surface area contributed by atoms with E-state index < -0.39 is 0 Å². The molecule has 0 radical (unpaired) electrons. The fraction of sp³-hybridized carbons (Fsp3) is 0.571. The van der Waals surface area contributed by atoms with E-state index in [1.54, 1.807) is 7.11 Å². The van der Waals surface area contributed by atoms with Crippen molar-refractivity contribution in [3.63, 3.8) is 0 Å². The van der Waals surface area contributed by atoms with Crippen molar-refractivity contribution < 1.29 is 19.0 Å². The fourth-order valence-electron chi connectivity index (χ4n) is 4.17. The minimum absolute atomic E-state index is 0.0363. The van der Waals surface area contributed by atoms with Gasteiger partial charge in [-0.2, -0.15) is 0 Å². The van der Waals surface area contributed by atoms with Crippen LogP contribution in [0.5, 0.6) is 5.75 Å². The summed E-state index contributed by atoms with van der Waals surface area (Å²) in [6.07, 6.45) is 6.56. The molecular weight excluding hydrogens is 344 g/mol. The first kappa shape index (κ1) is 18.3. The molecule has 4 rings (SSSR count). The van der Waals surface area contributed by atoms with E-state index in [0.29, 0.717) is 19.8 Å². The number of benzene rings is 1. The summed E-state index contributed by atoms with van der Waals surface area (Å²) >= 11 is 0. The van der Waals surface area contributed by atoms with Crippen LogP contribution >= 0.6 is 0 Å². The van der Waals surface area contributed by atoms with Gasteiger partial charge in [0.2, 0.25) is 0 Å². The predicted octanol–water partition coefficient (Wildman–Crippen LogP) is 3.18. The number of hydrogen-bond donors (Lipinski definition) is 1. The predicted molar refractivity (Wildman–Crippen MR) is 103 cm³/mol. The van der Waals surface area contributed by atoms with E-state index in [0.717, 1.165) is 44.4 Å². The highest BCUT2D eigenvalue weighted by Gasteiger charge is 2.40. The summed E-state index contributed by atoms with van der Waals surface area (Å²) in [5.74, 6) is 0.487. The van der Waals surface area contributed by atoms with Gasteiger partial charge in [-0.3, -0.25) is 0 Å². The molecule has 1 N–H and O–H groups in total. The largest absolute Gasteiger partial charge is 0.497 e. The van der Waals surface area contributed by atoms with Crippen LogP contribution in [-0.2, 0) is 9.47 Å². The number of urea groups is 1. The second-order valence-electron chi connectivity index (χ2n) is 7.49. The number of amides is 2.